The molecule has 0 aliphatic rings. The maximum absolute atomic E-state index is 12.1. The van der Waals surface area contributed by atoms with Gasteiger partial charge in [0, 0.05) is 31.0 Å². The van der Waals surface area contributed by atoms with Crippen molar-refractivity contribution in [3.8, 4) is 6.07 Å². The highest BCUT2D eigenvalue weighted by Gasteiger charge is 2.11. The van der Waals surface area contributed by atoms with Crippen molar-refractivity contribution in [1.29, 1.82) is 5.26 Å². The Kier molecular flexibility index (Phi) is 5.32. The highest BCUT2D eigenvalue weighted by molar-refractivity contribution is 5.80. The van der Waals surface area contributed by atoms with E-state index in [1.807, 2.05) is 26.0 Å². The Morgan fingerprint density at radius 1 is 1.42 bits per heavy atom. The van der Waals surface area contributed by atoms with Crippen LogP contribution in [-0.2, 0) is 11.3 Å². The normalized spacial score (nSPS) is 10.1. The van der Waals surface area contributed by atoms with Crippen molar-refractivity contribution in [3.05, 3.63) is 57.1 Å². The average molecular weight is 325 g/mol. The number of nitrogens with zero attached hydrogens (tertiary/aromatic N) is 3. The van der Waals surface area contributed by atoms with Gasteiger partial charge in [0.05, 0.1) is 12.1 Å². The predicted molar refractivity (Wildman–Crippen MR) is 90.6 cm³/mol. The number of amides is 1. The topological polar surface area (TPSA) is 102 Å². The van der Waals surface area contributed by atoms with Crippen LogP contribution in [0.15, 0.2) is 29.2 Å². The molecule has 0 aliphatic heterocycles. The molecule has 0 radical (unpaired) electrons. The third-order valence-corrected chi connectivity index (χ3v) is 3.60. The minimum absolute atomic E-state index is 0.0989. The second kappa shape index (κ2) is 7.42. The van der Waals surface area contributed by atoms with Crippen molar-refractivity contribution in [2.24, 2.45) is 0 Å². The van der Waals surface area contributed by atoms with Crippen LogP contribution in [0.5, 0.6) is 0 Å². The molecule has 2 N–H and O–H groups in total. The first-order valence-electron chi connectivity index (χ1n) is 7.44. The molecule has 124 valence electrons. The van der Waals surface area contributed by atoms with Crippen LogP contribution in [0.25, 0.3) is 0 Å². The molecule has 2 heterocycles. The molecule has 0 spiro atoms. The SMILES string of the molecule is Cc1cc(C)c(CNC(=O)CN(C)c2ccc(C#N)cn2)c(=O)[nH]1. The Bertz CT molecular complexity index is 834. The van der Waals surface area contributed by atoms with Gasteiger partial charge in [-0.1, -0.05) is 0 Å². The number of carbonyl (C=O) groups is 1. The van der Waals surface area contributed by atoms with E-state index < -0.39 is 0 Å². The number of anilines is 1. The van der Waals surface area contributed by atoms with Gasteiger partial charge in [-0.05, 0) is 37.6 Å². The number of nitrogens with one attached hydrogen (secondary N) is 2. The van der Waals surface area contributed by atoms with E-state index in [-0.39, 0.29) is 24.6 Å². The van der Waals surface area contributed by atoms with E-state index in [0.29, 0.717) is 16.9 Å². The molecule has 0 bridgehead atoms. The van der Waals surface area contributed by atoms with Gasteiger partial charge in [-0.3, -0.25) is 9.59 Å². The van der Waals surface area contributed by atoms with E-state index >= 15 is 0 Å². The van der Waals surface area contributed by atoms with Gasteiger partial charge in [0.25, 0.3) is 5.56 Å². The molecule has 0 aliphatic carbocycles. The van der Waals surface area contributed by atoms with Crippen LogP contribution in [0.1, 0.15) is 22.4 Å². The van der Waals surface area contributed by atoms with Gasteiger partial charge < -0.3 is 15.2 Å². The number of aromatic nitrogens is 2. The Labute approximate surface area is 140 Å². The van der Waals surface area contributed by atoms with Crippen molar-refractivity contribution in [2.45, 2.75) is 20.4 Å². The standard InChI is InChI=1S/C17H19N5O2/c1-11-6-12(2)21-17(24)14(11)9-20-16(23)10-22(3)15-5-4-13(7-18)8-19-15/h4-6,8H,9-10H2,1-3H3,(H,20,23)(H,21,24). The number of aromatic amines is 1. The maximum Gasteiger partial charge on any atom is 0.253 e. The first-order valence-corrected chi connectivity index (χ1v) is 7.44. The van der Waals surface area contributed by atoms with Gasteiger partial charge in [0.2, 0.25) is 5.91 Å². The number of carbonyl (C=O) groups excluding carboxylic acids is 1. The van der Waals surface area contributed by atoms with Crippen LogP contribution in [0.4, 0.5) is 5.82 Å². The second-order valence-corrected chi connectivity index (χ2v) is 5.59. The number of hydrogen-bond donors (Lipinski definition) is 2. The van der Waals surface area contributed by atoms with Crippen molar-refractivity contribution < 1.29 is 4.79 Å². The molecule has 0 saturated heterocycles. The smallest absolute Gasteiger partial charge is 0.253 e. The molecule has 2 aromatic heterocycles. The fraction of sp³-hybridized carbons (Fsp3) is 0.294. The van der Waals surface area contributed by atoms with Gasteiger partial charge in [-0.2, -0.15) is 5.26 Å². The summed E-state index contributed by atoms with van der Waals surface area (Å²) in [5.74, 6) is 0.372. The number of aryl methyl sites for hydroxylation is 2. The van der Waals surface area contributed by atoms with Gasteiger partial charge in [0.15, 0.2) is 0 Å². The largest absolute Gasteiger partial charge is 0.350 e. The lowest BCUT2D eigenvalue weighted by atomic mass is 10.1. The lowest BCUT2D eigenvalue weighted by Crippen LogP contribution is -2.36. The molecule has 0 saturated carbocycles. The molecule has 0 unspecified atom stereocenters. The lowest BCUT2D eigenvalue weighted by molar-refractivity contribution is -0.119. The van der Waals surface area contributed by atoms with Crippen LogP contribution in [-0.4, -0.2) is 29.5 Å². The number of nitriles is 1. The quantitative estimate of drug-likeness (QED) is 0.854. The predicted octanol–water partition coefficient (Wildman–Crippen LogP) is 1.01. The van der Waals surface area contributed by atoms with Gasteiger partial charge in [0.1, 0.15) is 11.9 Å². The molecule has 7 nitrogen and oxygen atoms in total. The highest BCUT2D eigenvalue weighted by Crippen LogP contribution is 2.08. The summed E-state index contributed by atoms with van der Waals surface area (Å²) in [6.07, 6.45) is 1.46. The first kappa shape index (κ1) is 17.2. The summed E-state index contributed by atoms with van der Waals surface area (Å²) >= 11 is 0. The van der Waals surface area contributed by atoms with Gasteiger partial charge in [-0.15, -0.1) is 0 Å². The van der Waals surface area contributed by atoms with E-state index in [1.54, 1.807) is 24.1 Å². The maximum atomic E-state index is 12.1. The van der Waals surface area contributed by atoms with Crippen LogP contribution in [0.3, 0.4) is 0 Å². The minimum atomic E-state index is -0.219. The molecule has 1 amide bonds. The van der Waals surface area contributed by atoms with E-state index in [4.69, 9.17) is 5.26 Å². The molecule has 24 heavy (non-hydrogen) atoms. The van der Waals surface area contributed by atoms with Crippen LogP contribution < -0.4 is 15.8 Å². The zero-order chi connectivity index (χ0) is 17.7. The summed E-state index contributed by atoms with van der Waals surface area (Å²) in [6.45, 7) is 3.93. The minimum Gasteiger partial charge on any atom is -0.350 e. The second-order valence-electron chi connectivity index (χ2n) is 5.59. The number of rotatable bonds is 5. The number of pyridine rings is 2. The third-order valence-electron chi connectivity index (χ3n) is 3.60. The van der Waals surface area contributed by atoms with E-state index in [1.165, 1.54) is 6.20 Å². The Morgan fingerprint density at radius 2 is 2.17 bits per heavy atom. The van der Waals surface area contributed by atoms with E-state index in [0.717, 1.165) is 11.3 Å². The van der Waals surface area contributed by atoms with E-state index in [9.17, 15) is 9.59 Å². The molecule has 2 rings (SSSR count). The van der Waals surface area contributed by atoms with Crippen LogP contribution in [0.2, 0.25) is 0 Å². The molecule has 0 atom stereocenters. The number of H-pyrrole nitrogens is 1. The third kappa shape index (κ3) is 4.20. The summed E-state index contributed by atoms with van der Waals surface area (Å²) in [5, 5.41) is 11.5. The summed E-state index contributed by atoms with van der Waals surface area (Å²) in [5.41, 5.74) is 2.46. The summed E-state index contributed by atoms with van der Waals surface area (Å²) in [4.78, 5) is 32.5. The van der Waals surface area contributed by atoms with Crippen molar-refractivity contribution in [1.82, 2.24) is 15.3 Å². The highest BCUT2D eigenvalue weighted by atomic mass is 16.2. The molecule has 2 aromatic rings. The zero-order valence-electron chi connectivity index (χ0n) is 13.9. The van der Waals surface area contributed by atoms with Gasteiger partial charge >= 0.3 is 0 Å². The van der Waals surface area contributed by atoms with Crippen LogP contribution >= 0.6 is 0 Å². The fourth-order valence-corrected chi connectivity index (χ4v) is 2.32. The molecule has 0 aromatic carbocycles. The molecular weight excluding hydrogens is 306 g/mol. The Hall–Kier alpha value is -3.14. The van der Waals surface area contributed by atoms with Crippen molar-refractivity contribution in [3.63, 3.8) is 0 Å². The first-order chi connectivity index (χ1) is 11.4. The Balaban J connectivity index is 1.96. The molecule has 0 fully saturated rings. The Morgan fingerprint density at radius 3 is 2.75 bits per heavy atom. The zero-order valence-corrected chi connectivity index (χ0v) is 13.9. The summed E-state index contributed by atoms with van der Waals surface area (Å²) < 4.78 is 0. The van der Waals surface area contributed by atoms with E-state index in [2.05, 4.69) is 15.3 Å². The van der Waals surface area contributed by atoms with Crippen molar-refractivity contribution >= 4 is 11.7 Å². The molecular formula is C17H19N5O2. The van der Waals surface area contributed by atoms with Crippen LogP contribution in [0, 0.1) is 25.2 Å². The summed E-state index contributed by atoms with van der Waals surface area (Å²) in [6, 6.07) is 7.19. The summed E-state index contributed by atoms with van der Waals surface area (Å²) in [7, 11) is 1.73. The lowest BCUT2D eigenvalue weighted by Gasteiger charge is -2.17. The van der Waals surface area contributed by atoms with Gasteiger partial charge in [-0.25, -0.2) is 4.98 Å². The number of hydrogen-bond acceptors (Lipinski definition) is 5. The fourth-order valence-electron chi connectivity index (χ4n) is 2.32. The van der Waals surface area contributed by atoms with Crippen molar-refractivity contribution in [2.75, 3.05) is 18.5 Å². The average Bonchev–Trinajstić information content (AvgIpc) is 2.53. The molecule has 7 heteroatoms. The number of likely N-dealkylation sites (N-methyl/N-ethyl adjacent to an activating group) is 1. The monoisotopic (exact) mass is 325 g/mol.